The van der Waals surface area contributed by atoms with E-state index < -0.39 is 27.3 Å². The third-order valence-corrected chi connectivity index (χ3v) is 5.64. The van der Waals surface area contributed by atoms with Gasteiger partial charge in [0.15, 0.2) is 11.6 Å². The Bertz CT molecular complexity index is 1150. The molecule has 0 unspecified atom stereocenters. The third kappa shape index (κ3) is 6.04. The Balaban J connectivity index is 1.63. The van der Waals surface area contributed by atoms with Gasteiger partial charge < -0.3 is 10.1 Å². The van der Waals surface area contributed by atoms with Gasteiger partial charge in [-0.05, 0) is 42.0 Å². The Morgan fingerprint density at radius 3 is 2.16 bits per heavy atom. The van der Waals surface area contributed by atoms with Gasteiger partial charge in [-0.2, -0.15) is 0 Å². The van der Waals surface area contributed by atoms with Crippen LogP contribution in [-0.2, 0) is 16.6 Å². The van der Waals surface area contributed by atoms with Gasteiger partial charge in [0, 0.05) is 5.56 Å². The zero-order valence-corrected chi connectivity index (χ0v) is 18.1. The summed E-state index contributed by atoms with van der Waals surface area (Å²) in [7, 11) is -3.97. The van der Waals surface area contributed by atoms with Gasteiger partial charge in [-0.1, -0.05) is 36.4 Å². The third-order valence-electron chi connectivity index (χ3n) is 4.53. The fraction of sp³-hybridized carbons (Fsp3) is 0.174. The van der Waals surface area contributed by atoms with Crippen molar-refractivity contribution >= 4 is 21.6 Å². The van der Waals surface area contributed by atoms with Crippen molar-refractivity contribution in [1.29, 1.82) is 0 Å². The van der Waals surface area contributed by atoms with Crippen LogP contribution in [0.25, 0.3) is 0 Å². The molecule has 9 heteroatoms. The first-order valence-electron chi connectivity index (χ1n) is 9.72. The highest BCUT2D eigenvalue weighted by Gasteiger charge is 2.24. The van der Waals surface area contributed by atoms with Gasteiger partial charge in [-0.3, -0.25) is 9.10 Å². The molecule has 0 aliphatic rings. The fourth-order valence-electron chi connectivity index (χ4n) is 2.97. The van der Waals surface area contributed by atoms with E-state index in [4.69, 9.17) is 4.74 Å². The number of carbonyl (C=O) groups is 1. The number of halogens is 2. The van der Waals surface area contributed by atoms with Gasteiger partial charge in [-0.25, -0.2) is 17.2 Å². The number of rotatable bonds is 9. The largest absolute Gasteiger partial charge is 0.492 e. The molecule has 1 N–H and O–H groups in total. The van der Waals surface area contributed by atoms with E-state index in [0.717, 1.165) is 24.5 Å². The standard InChI is InChI=1S/C23H22F2N2O4S/c1-32(29,30)27(22-20(24)8-5-9-21(22)25)16-17-10-12-18(13-11-17)23(28)26-14-15-31-19-6-3-2-4-7-19/h2-13H,14-16H2,1H3,(H,26,28). The summed E-state index contributed by atoms with van der Waals surface area (Å²) in [6.07, 6.45) is 0.873. The average Bonchev–Trinajstić information content (AvgIpc) is 2.76. The monoisotopic (exact) mass is 460 g/mol. The molecule has 0 aliphatic carbocycles. The van der Waals surface area contributed by atoms with Gasteiger partial charge in [0.2, 0.25) is 10.0 Å². The molecule has 0 atom stereocenters. The van der Waals surface area contributed by atoms with Crippen LogP contribution in [0.3, 0.4) is 0 Å². The van der Waals surface area contributed by atoms with Crippen LogP contribution in [0.4, 0.5) is 14.5 Å². The molecule has 0 radical (unpaired) electrons. The number of sulfonamides is 1. The molecule has 0 fully saturated rings. The van der Waals surface area contributed by atoms with Gasteiger partial charge in [0.25, 0.3) is 5.91 Å². The molecule has 168 valence electrons. The van der Waals surface area contributed by atoms with E-state index in [1.54, 1.807) is 0 Å². The van der Waals surface area contributed by atoms with Crippen molar-refractivity contribution in [2.75, 3.05) is 23.7 Å². The minimum Gasteiger partial charge on any atom is -0.492 e. The molecule has 0 heterocycles. The first-order chi connectivity index (χ1) is 15.3. The smallest absolute Gasteiger partial charge is 0.251 e. The van der Waals surface area contributed by atoms with E-state index in [-0.39, 0.29) is 12.5 Å². The van der Waals surface area contributed by atoms with Crippen LogP contribution < -0.4 is 14.4 Å². The average molecular weight is 461 g/mol. The van der Waals surface area contributed by atoms with Crippen molar-refractivity contribution in [3.8, 4) is 5.75 Å². The van der Waals surface area contributed by atoms with Crippen LogP contribution in [-0.4, -0.2) is 33.7 Å². The Kier molecular flexibility index (Phi) is 7.42. The second-order valence-electron chi connectivity index (χ2n) is 6.95. The Morgan fingerprint density at radius 2 is 1.56 bits per heavy atom. The van der Waals surface area contributed by atoms with Crippen LogP contribution in [0, 0.1) is 11.6 Å². The molecule has 3 rings (SSSR count). The van der Waals surface area contributed by atoms with Crippen molar-refractivity contribution in [2.45, 2.75) is 6.54 Å². The quantitative estimate of drug-likeness (QED) is 0.494. The maximum absolute atomic E-state index is 14.2. The molecule has 0 saturated carbocycles. The molecular formula is C23H22F2N2O4S. The lowest BCUT2D eigenvalue weighted by Gasteiger charge is -2.23. The minimum atomic E-state index is -3.97. The molecule has 6 nitrogen and oxygen atoms in total. The van der Waals surface area contributed by atoms with E-state index in [2.05, 4.69) is 5.32 Å². The van der Waals surface area contributed by atoms with Gasteiger partial charge in [0.1, 0.15) is 18.0 Å². The summed E-state index contributed by atoms with van der Waals surface area (Å²) in [5.74, 6) is -1.59. The van der Waals surface area contributed by atoms with Crippen LogP contribution in [0.15, 0.2) is 72.8 Å². The zero-order valence-electron chi connectivity index (χ0n) is 17.3. The molecule has 0 aliphatic heterocycles. The van der Waals surface area contributed by atoms with Crippen LogP contribution in [0.2, 0.25) is 0 Å². The topological polar surface area (TPSA) is 75.7 Å². The number of benzene rings is 3. The second-order valence-corrected chi connectivity index (χ2v) is 8.86. The normalized spacial score (nSPS) is 11.1. The number of para-hydroxylation sites is 2. The predicted octanol–water partition coefficient (Wildman–Crippen LogP) is 3.74. The van der Waals surface area contributed by atoms with Crippen LogP contribution in [0.5, 0.6) is 5.75 Å². The van der Waals surface area contributed by atoms with E-state index in [1.165, 1.54) is 24.3 Å². The lowest BCUT2D eigenvalue weighted by atomic mass is 10.1. The van der Waals surface area contributed by atoms with E-state index in [9.17, 15) is 22.0 Å². The lowest BCUT2D eigenvalue weighted by Crippen LogP contribution is -2.31. The Hall–Kier alpha value is -3.46. The SMILES string of the molecule is CS(=O)(=O)N(Cc1ccc(C(=O)NCCOc2ccccc2)cc1)c1c(F)cccc1F. The number of nitrogens with one attached hydrogen (secondary N) is 1. The van der Waals surface area contributed by atoms with E-state index in [0.29, 0.717) is 34.3 Å². The lowest BCUT2D eigenvalue weighted by molar-refractivity contribution is 0.0947. The molecule has 0 saturated heterocycles. The zero-order chi connectivity index (χ0) is 23.1. The summed E-state index contributed by atoms with van der Waals surface area (Å²) in [6, 6.07) is 18.4. The molecular weight excluding hydrogens is 438 g/mol. The highest BCUT2D eigenvalue weighted by Crippen LogP contribution is 2.27. The van der Waals surface area contributed by atoms with Gasteiger partial charge >= 0.3 is 0 Å². The maximum atomic E-state index is 14.2. The number of hydrogen-bond donors (Lipinski definition) is 1. The highest BCUT2D eigenvalue weighted by molar-refractivity contribution is 7.92. The van der Waals surface area contributed by atoms with E-state index in [1.807, 2.05) is 30.3 Å². The number of amides is 1. The number of anilines is 1. The van der Waals surface area contributed by atoms with Crippen molar-refractivity contribution in [1.82, 2.24) is 5.32 Å². The number of nitrogens with zero attached hydrogens (tertiary/aromatic N) is 1. The predicted molar refractivity (Wildman–Crippen MR) is 118 cm³/mol. The number of hydrogen-bond acceptors (Lipinski definition) is 4. The summed E-state index contributed by atoms with van der Waals surface area (Å²) < 4.78 is 58.8. The maximum Gasteiger partial charge on any atom is 0.251 e. The van der Waals surface area contributed by atoms with E-state index >= 15 is 0 Å². The summed E-state index contributed by atoms with van der Waals surface area (Å²) in [6.45, 7) is 0.304. The van der Waals surface area contributed by atoms with Crippen molar-refractivity contribution in [2.24, 2.45) is 0 Å². The summed E-state index contributed by atoms with van der Waals surface area (Å²) >= 11 is 0. The number of carbonyl (C=O) groups excluding carboxylic acids is 1. The first-order valence-corrected chi connectivity index (χ1v) is 11.6. The fourth-order valence-corrected chi connectivity index (χ4v) is 3.86. The molecule has 0 bridgehead atoms. The van der Waals surface area contributed by atoms with Gasteiger partial charge in [0.05, 0.1) is 19.3 Å². The Labute approximate surface area is 185 Å². The number of ether oxygens (including phenoxy) is 1. The molecule has 32 heavy (non-hydrogen) atoms. The minimum absolute atomic E-state index is 0.288. The van der Waals surface area contributed by atoms with Crippen molar-refractivity contribution in [3.05, 3.63) is 95.6 Å². The molecule has 1 amide bonds. The van der Waals surface area contributed by atoms with Crippen molar-refractivity contribution in [3.63, 3.8) is 0 Å². The molecule has 0 aromatic heterocycles. The van der Waals surface area contributed by atoms with Crippen LogP contribution in [0.1, 0.15) is 15.9 Å². The van der Waals surface area contributed by atoms with Crippen LogP contribution >= 0.6 is 0 Å². The second kappa shape index (κ2) is 10.2. The summed E-state index contributed by atoms with van der Waals surface area (Å²) in [5, 5.41) is 2.73. The molecule has 0 spiro atoms. The molecule has 3 aromatic carbocycles. The van der Waals surface area contributed by atoms with Crippen molar-refractivity contribution < 1.29 is 26.7 Å². The Morgan fingerprint density at radius 1 is 0.938 bits per heavy atom. The highest BCUT2D eigenvalue weighted by atomic mass is 32.2. The summed E-state index contributed by atoms with van der Waals surface area (Å²) in [5.41, 5.74) is 0.175. The van der Waals surface area contributed by atoms with Gasteiger partial charge in [-0.15, -0.1) is 0 Å². The first kappa shape index (κ1) is 23.2. The summed E-state index contributed by atoms with van der Waals surface area (Å²) in [4.78, 5) is 12.3. The molecule has 3 aromatic rings.